The minimum Gasteiger partial charge on any atom is -0.480 e. The third kappa shape index (κ3) is 3.30. The summed E-state index contributed by atoms with van der Waals surface area (Å²) in [6, 6.07) is -0.0714. The van der Waals surface area contributed by atoms with Crippen LogP contribution in [-0.4, -0.2) is 34.5 Å². The van der Waals surface area contributed by atoms with Crippen LogP contribution in [0, 0.1) is 6.92 Å². The molecule has 1 heterocycles. The topological polar surface area (TPSA) is 57.6 Å². The third-order valence-electron chi connectivity index (χ3n) is 2.78. The van der Waals surface area contributed by atoms with Crippen molar-refractivity contribution in [3.8, 4) is 0 Å². The highest BCUT2D eigenvalue weighted by molar-refractivity contribution is 7.08. The van der Waals surface area contributed by atoms with Crippen molar-refractivity contribution in [2.45, 2.75) is 33.2 Å². The van der Waals surface area contributed by atoms with E-state index in [1.165, 1.54) is 16.2 Å². The van der Waals surface area contributed by atoms with Gasteiger partial charge in [-0.05, 0) is 31.2 Å². The second-order valence-electron chi connectivity index (χ2n) is 4.05. The second kappa shape index (κ2) is 5.82. The molecule has 0 fully saturated rings. The van der Waals surface area contributed by atoms with Gasteiger partial charge in [-0.15, -0.1) is 0 Å². The van der Waals surface area contributed by atoms with E-state index in [0.29, 0.717) is 5.56 Å². The first-order valence-electron chi connectivity index (χ1n) is 5.52. The van der Waals surface area contributed by atoms with Crippen LogP contribution in [-0.2, 0) is 4.79 Å². The number of thiophene rings is 1. The van der Waals surface area contributed by atoms with E-state index in [1.54, 1.807) is 5.38 Å². The summed E-state index contributed by atoms with van der Waals surface area (Å²) in [6.45, 7) is 5.41. The predicted octanol–water partition coefficient (Wildman–Crippen LogP) is 2.38. The standard InChI is InChI=1S/C12H17NO3S/c1-4-9(3)13(5-11(14)15)12(16)10-7-17-6-8(10)2/h6-7,9H,4-5H2,1-3H3,(H,14,15). The first kappa shape index (κ1) is 13.7. The molecule has 0 saturated heterocycles. The summed E-state index contributed by atoms with van der Waals surface area (Å²) in [7, 11) is 0. The number of carbonyl (C=O) groups is 2. The van der Waals surface area contributed by atoms with Gasteiger partial charge in [-0.1, -0.05) is 6.92 Å². The number of hydrogen-bond donors (Lipinski definition) is 1. The molecule has 4 nitrogen and oxygen atoms in total. The van der Waals surface area contributed by atoms with Crippen molar-refractivity contribution >= 4 is 23.2 Å². The summed E-state index contributed by atoms with van der Waals surface area (Å²) in [4.78, 5) is 24.4. The largest absolute Gasteiger partial charge is 0.480 e. The van der Waals surface area contributed by atoms with E-state index in [9.17, 15) is 9.59 Å². The van der Waals surface area contributed by atoms with Crippen LogP contribution >= 0.6 is 11.3 Å². The van der Waals surface area contributed by atoms with Crippen LogP contribution in [0.2, 0.25) is 0 Å². The number of nitrogens with zero attached hydrogens (tertiary/aromatic N) is 1. The maximum Gasteiger partial charge on any atom is 0.323 e. The van der Waals surface area contributed by atoms with Gasteiger partial charge in [0.2, 0.25) is 0 Å². The Labute approximate surface area is 105 Å². The average molecular weight is 255 g/mol. The number of amides is 1. The normalized spacial score (nSPS) is 12.2. The van der Waals surface area contributed by atoms with Gasteiger partial charge in [0.05, 0.1) is 5.56 Å². The van der Waals surface area contributed by atoms with E-state index >= 15 is 0 Å². The van der Waals surface area contributed by atoms with Gasteiger partial charge in [0.1, 0.15) is 6.54 Å². The molecular formula is C12H17NO3S. The van der Waals surface area contributed by atoms with Gasteiger partial charge in [-0.3, -0.25) is 9.59 Å². The summed E-state index contributed by atoms with van der Waals surface area (Å²) in [6.07, 6.45) is 0.738. The summed E-state index contributed by atoms with van der Waals surface area (Å²) in [5, 5.41) is 12.5. The van der Waals surface area contributed by atoms with Crippen LogP contribution in [0.4, 0.5) is 0 Å². The van der Waals surface area contributed by atoms with Crippen molar-refractivity contribution in [3.63, 3.8) is 0 Å². The number of aliphatic carboxylic acids is 1. The fourth-order valence-electron chi connectivity index (χ4n) is 1.53. The number of aryl methyl sites for hydroxylation is 1. The maximum atomic E-state index is 12.2. The number of rotatable bonds is 5. The van der Waals surface area contributed by atoms with Gasteiger partial charge in [0.25, 0.3) is 5.91 Å². The zero-order chi connectivity index (χ0) is 13.0. The Bertz CT molecular complexity index is 414. The summed E-state index contributed by atoms with van der Waals surface area (Å²) >= 11 is 1.46. The lowest BCUT2D eigenvalue weighted by Gasteiger charge is -2.26. The zero-order valence-electron chi connectivity index (χ0n) is 10.3. The fourth-order valence-corrected chi connectivity index (χ4v) is 2.35. The van der Waals surface area contributed by atoms with Gasteiger partial charge in [0, 0.05) is 11.4 Å². The lowest BCUT2D eigenvalue weighted by atomic mass is 10.1. The molecular weight excluding hydrogens is 238 g/mol. The van der Waals surface area contributed by atoms with Crippen LogP contribution in [0.3, 0.4) is 0 Å². The number of carbonyl (C=O) groups excluding carboxylic acids is 1. The van der Waals surface area contributed by atoms with Crippen molar-refractivity contribution in [2.75, 3.05) is 6.54 Å². The minimum absolute atomic E-state index is 0.0714. The molecule has 0 aliphatic carbocycles. The lowest BCUT2D eigenvalue weighted by Crippen LogP contribution is -2.41. The van der Waals surface area contributed by atoms with Crippen LogP contribution in [0.15, 0.2) is 10.8 Å². The maximum absolute atomic E-state index is 12.2. The molecule has 5 heteroatoms. The van der Waals surface area contributed by atoms with Gasteiger partial charge in [-0.25, -0.2) is 0 Å². The molecule has 1 N–H and O–H groups in total. The van der Waals surface area contributed by atoms with Crippen LogP contribution in [0.5, 0.6) is 0 Å². The minimum atomic E-state index is -0.980. The molecule has 0 spiro atoms. The van der Waals surface area contributed by atoms with Crippen molar-refractivity contribution < 1.29 is 14.7 Å². The van der Waals surface area contributed by atoms with Gasteiger partial charge < -0.3 is 10.0 Å². The van der Waals surface area contributed by atoms with Gasteiger partial charge in [-0.2, -0.15) is 11.3 Å². The number of carboxylic acids is 1. The Kier molecular flexibility index (Phi) is 4.69. The highest BCUT2D eigenvalue weighted by Crippen LogP contribution is 2.18. The summed E-state index contributed by atoms with van der Waals surface area (Å²) in [5.74, 6) is -1.17. The monoisotopic (exact) mass is 255 g/mol. The third-order valence-corrected chi connectivity index (χ3v) is 3.64. The molecule has 17 heavy (non-hydrogen) atoms. The summed E-state index contributed by atoms with van der Waals surface area (Å²) < 4.78 is 0. The zero-order valence-corrected chi connectivity index (χ0v) is 11.1. The van der Waals surface area contributed by atoms with E-state index in [2.05, 4.69) is 0 Å². The Morgan fingerprint density at radius 2 is 2.12 bits per heavy atom. The van der Waals surface area contributed by atoms with Crippen molar-refractivity contribution in [2.24, 2.45) is 0 Å². The molecule has 94 valence electrons. The molecule has 1 atom stereocenters. The van der Waals surface area contributed by atoms with Crippen LogP contribution in [0.25, 0.3) is 0 Å². The SMILES string of the molecule is CCC(C)N(CC(=O)O)C(=O)c1cscc1C. The molecule has 1 amide bonds. The molecule has 1 rings (SSSR count). The fraction of sp³-hybridized carbons (Fsp3) is 0.500. The molecule has 1 unspecified atom stereocenters. The second-order valence-corrected chi connectivity index (χ2v) is 4.80. The van der Waals surface area contributed by atoms with Crippen molar-refractivity contribution in [1.29, 1.82) is 0 Å². The van der Waals surface area contributed by atoms with E-state index in [1.807, 2.05) is 26.2 Å². The Balaban J connectivity index is 2.94. The molecule has 0 aliphatic rings. The number of carboxylic acid groups (broad SMARTS) is 1. The molecule has 0 aliphatic heterocycles. The molecule has 0 saturated carbocycles. The molecule has 1 aromatic heterocycles. The Morgan fingerprint density at radius 1 is 1.47 bits per heavy atom. The van der Waals surface area contributed by atoms with Gasteiger partial charge >= 0.3 is 5.97 Å². The van der Waals surface area contributed by atoms with E-state index in [0.717, 1.165) is 12.0 Å². The van der Waals surface area contributed by atoms with Crippen molar-refractivity contribution in [1.82, 2.24) is 4.90 Å². The van der Waals surface area contributed by atoms with Crippen LogP contribution in [0.1, 0.15) is 36.2 Å². The first-order chi connectivity index (χ1) is 7.97. The van der Waals surface area contributed by atoms with Crippen LogP contribution < -0.4 is 0 Å². The van der Waals surface area contributed by atoms with E-state index < -0.39 is 5.97 Å². The molecule has 1 aromatic rings. The van der Waals surface area contributed by atoms with Crippen molar-refractivity contribution in [3.05, 3.63) is 21.9 Å². The van der Waals surface area contributed by atoms with E-state index in [-0.39, 0.29) is 18.5 Å². The Morgan fingerprint density at radius 3 is 2.53 bits per heavy atom. The predicted molar refractivity (Wildman–Crippen MR) is 67.5 cm³/mol. The van der Waals surface area contributed by atoms with E-state index in [4.69, 9.17) is 5.11 Å². The highest BCUT2D eigenvalue weighted by atomic mass is 32.1. The van der Waals surface area contributed by atoms with Gasteiger partial charge in [0.15, 0.2) is 0 Å². The summed E-state index contributed by atoms with van der Waals surface area (Å²) in [5.41, 5.74) is 1.51. The first-order valence-corrected chi connectivity index (χ1v) is 6.47. The average Bonchev–Trinajstić information content (AvgIpc) is 2.70. The highest BCUT2D eigenvalue weighted by Gasteiger charge is 2.24. The molecule has 0 aromatic carbocycles. The lowest BCUT2D eigenvalue weighted by molar-refractivity contribution is -0.138. The smallest absolute Gasteiger partial charge is 0.323 e. The molecule has 0 radical (unpaired) electrons. The number of hydrogen-bond acceptors (Lipinski definition) is 3. The molecule has 0 bridgehead atoms. The quantitative estimate of drug-likeness (QED) is 0.878. The Hall–Kier alpha value is -1.36.